The monoisotopic (exact) mass is 269 g/mol. The number of carboxylic acid groups (broad SMARTS) is 1. The molecule has 3 aromatic rings. The molecule has 0 spiro atoms. The van der Waals surface area contributed by atoms with Gasteiger partial charge in [0, 0.05) is 18.6 Å². The number of nitrogens with zero attached hydrogens (tertiary/aromatic N) is 2. The minimum Gasteiger partial charge on any atom is -0.478 e. The second kappa shape index (κ2) is 4.65. The minimum absolute atomic E-state index is 0.485. The number of hydrogen-bond donors (Lipinski definition) is 2. The summed E-state index contributed by atoms with van der Waals surface area (Å²) in [7, 11) is 0. The largest absolute Gasteiger partial charge is 0.478 e. The molecule has 1 aromatic carbocycles. The van der Waals surface area contributed by atoms with Crippen LogP contribution in [0.5, 0.6) is 0 Å². The van der Waals surface area contributed by atoms with Gasteiger partial charge in [-0.3, -0.25) is 0 Å². The van der Waals surface area contributed by atoms with Gasteiger partial charge in [-0.1, -0.05) is 0 Å². The number of benzene rings is 1. The lowest BCUT2D eigenvalue weighted by molar-refractivity contribution is -0.131. The highest BCUT2D eigenvalue weighted by atomic mass is 16.4. The van der Waals surface area contributed by atoms with E-state index in [1.807, 2.05) is 18.2 Å². The quantitative estimate of drug-likeness (QED) is 0.713. The lowest BCUT2D eigenvalue weighted by Gasteiger charge is -1.96. The highest BCUT2D eigenvalue weighted by Gasteiger charge is 2.06. The normalized spacial score (nSPS) is 11.4. The Morgan fingerprint density at radius 3 is 3.10 bits per heavy atom. The molecule has 0 aliphatic heterocycles. The summed E-state index contributed by atoms with van der Waals surface area (Å²) in [6, 6.07) is 5.63. The van der Waals surface area contributed by atoms with Crippen LogP contribution in [0.15, 0.2) is 34.9 Å². The Kier molecular flexibility index (Phi) is 2.83. The van der Waals surface area contributed by atoms with Gasteiger partial charge in [-0.2, -0.15) is 0 Å². The van der Waals surface area contributed by atoms with Crippen LogP contribution in [0.1, 0.15) is 11.7 Å². The van der Waals surface area contributed by atoms with Crippen molar-refractivity contribution in [1.82, 2.24) is 15.0 Å². The first-order valence-electron chi connectivity index (χ1n) is 5.95. The average molecular weight is 269 g/mol. The van der Waals surface area contributed by atoms with Gasteiger partial charge in [0.2, 0.25) is 0 Å². The molecule has 0 fully saturated rings. The molecule has 0 atom stereocenters. The third kappa shape index (κ3) is 2.31. The van der Waals surface area contributed by atoms with Crippen LogP contribution in [0.3, 0.4) is 0 Å². The minimum atomic E-state index is -1.01. The number of hydrogen-bond acceptors (Lipinski definition) is 4. The van der Waals surface area contributed by atoms with Crippen LogP contribution in [0.25, 0.3) is 28.4 Å². The van der Waals surface area contributed by atoms with E-state index in [0.29, 0.717) is 11.7 Å². The van der Waals surface area contributed by atoms with Crippen LogP contribution in [0, 0.1) is 6.92 Å². The molecule has 6 heteroatoms. The van der Waals surface area contributed by atoms with Crippen LogP contribution in [-0.2, 0) is 4.79 Å². The summed E-state index contributed by atoms with van der Waals surface area (Å²) in [5.41, 5.74) is 3.21. The van der Waals surface area contributed by atoms with Crippen LogP contribution in [0.2, 0.25) is 0 Å². The van der Waals surface area contributed by atoms with Gasteiger partial charge in [-0.25, -0.2) is 14.8 Å². The van der Waals surface area contributed by atoms with E-state index in [1.54, 1.807) is 13.1 Å². The van der Waals surface area contributed by atoms with Crippen molar-refractivity contribution >= 4 is 23.1 Å². The SMILES string of the molecule is Cc1nc2cc(-c3cnc(/C=C/C(=O)O)[nH]3)ccc2o1. The molecule has 0 bridgehead atoms. The second-order valence-corrected chi connectivity index (χ2v) is 4.27. The number of H-pyrrole nitrogens is 1. The molecule has 0 radical (unpaired) electrons. The van der Waals surface area contributed by atoms with Crippen LogP contribution in [-0.4, -0.2) is 26.0 Å². The van der Waals surface area contributed by atoms with Crippen molar-refractivity contribution in [2.24, 2.45) is 0 Å². The van der Waals surface area contributed by atoms with E-state index in [9.17, 15) is 4.79 Å². The van der Waals surface area contributed by atoms with E-state index >= 15 is 0 Å². The number of aromatic amines is 1. The number of aromatic nitrogens is 3. The third-order valence-corrected chi connectivity index (χ3v) is 2.78. The van der Waals surface area contributed by atoms with E-state index in [1.165, 1.54) is 6.08 Å². The second-order valence-electron chi connectivity index (χ2n) is 4.27. The summed E-state index contributed by atoms with van der Waals surface area (Å²) in [6.07, 6.45) is 4.09. The summed E-state index contributed by atoms with van der Waals surface area (Å²) in [6.45, 7) is 1.80. The molecule has 0 unspecified atom stereocenters. The first-order valence-corrected chi connectivity index (χ1v) is 5.95. The Labute approximate surface area is 113 Å². The fourth-order valence-corrected chi connectivity index (χ4v) is 1.93. The van der Waals surface area contributed by atoms with E-state index in [2.05, 4.69) is 15.0 Å². The highest BCUT2D eigenvalue weighted by Crippen LogP contribution is 2.23. The standard InChI is InChI=1S/C14H11N3O3/c1-8-16-10-6-9(2-3-12(10)20-8)11-7-15-13(17-11)4-5-14(18)19/h2-7H,1H3,(H,15,17)(H,18,19)/b5-4+. The number of oxazole rings is 1. The summed E-state index contributed by atoms with van der Waals surface area (Å²) >= 11 is 0. The van der Waals surface area contributed by atoms with Gasteiger partial charge < -0.3 is 14.5 Å². The van der Waals surface area contributed by atoms with E-state index < -0.39 is 5.97 Å². The number of aliphatic carboxylic acids is 1. The molecule has 0 aliphatic rings. The molecule has 0 aliphatic carbocycles. The molecule has 0 saturated carbocycles. The molecular weight excluding hydrogens is 258 g/mol. The highest BCUT2D eigenvalue weighted by molar-refractivity contribution is 5.85. The predicted molar refractivity (Wildman–Crippen MR) is 73.0 cm³/mol. The van der Waals surface area contributed by atoms with Gasteiger partial charge in [0.1, 0.15) is 11.3 Å². The first kappa shape index (κ1) is 12.2. The van der Waals surface area contributed by atoms with Crippen molar-refractivity contribution in [2.45, 2.75) is 6.92 Å². The fraction of sp³-hybridized carbons (Fsp3) is 0.0714. The third-order valence-electron chi connectivity index (χ3n) is 2.78. The average Bonchev–Trinajstić information content (AvgIpc) is 3.00. The topological polar surface area (TPSA) is 92.0 Å². The number of rotatable bonds is 3. The molecule has 20 heavy (non-hydrogen) atoms. The Morgan fingerprint density at radius 1 is 1.45 bits per heavy atom. The van der Waals surface area contributed by atoms with Gasteiger partial charge >= 0.3 is 5.97 Å². The first-order chi connectivity index (χ1) is 9.61. The molecule has 2 heterocycles. The van der Waals surface area contributed by atoms with E-state index in [-0.39, 0.29) is 0 Å². The predicted octanol–water partition coefficient (Wildman–Crippen LogP) is 2.62. The number of imidazole rings is 1. The Hall–Kier alpha value is -2.89. The molecule has 0 amide bonds. The number of carboxylic acids is 1. The van der Waals surface area contributed by atoms with Crippen LogP contribution >= 0.6 is 0 Å². The molecule has 3 rings (SSSR count). The fourth-order valence-electron chi connectivity index (χ4n) is 1.93. The Balaban J connectivity index is 1.96. The zero-order valence-corrected chi connectivity index (χ0v) is 10.6. The van der Waals surface area contributed by atoms with Crippen molar-refractivity contribution in [3.63, 3.8) is 0 Å². The van der Waals surface area contributed by atoms with Gasteiger partial charge in [-0.05, 0) is 24.3 Å². The molecule has 0 saturated heterocycles. The molecule has 100 valence electrons. The Morgan fingerprint density at radius 2 is 2.30 bits per heavy atom. The molecular formula is C14H11N3O3. The van der Waals surface area contributed by atoms with Crippen LogP contribution < -0.4 is 0 Å². The van der Waals surface area contributed by atoms with E-state index in [4.69, 9.17) is 9.52 Å². The maximum atomic E-state index is 10.5. The Bertz CT molecular complexity index is 814. The molecule has 6 nitrogen and oxygen atoms in total. The molecule has 2 aromatic heterocycles. The van der Waals surface area contributed by atoms with Gasteiger partial charge in [0.15, 0.2) is 11.5 Å². The maximum absolute atomic E-state index is 10.5. The van der Waals surface area contributed by atoms with Crippen molar-refractivity contribution in [2.75, 3.05) is 0 Å². The summed E-state index contributed by atoms with van der Waals surface area (Å²) < 4.78 is 5.42. The lowest BCUT2D eigenvalue weighted by Crippen LogP contribution is -1.86. The lowest BCUT2D eigenvalue weighted by atomic mass is 10.1. The molecule has 2 N–H and O–H groups in total. The maximum Gasteiger partial charge on any atom is 0.328 e. The summed E-state index contributed by atoms with van der Waals surface area (Å²) in [5, 5.41) is 8.57. The van der Waals surface area contributed by atoms with Gasteiger partial charge in [-0.15, -0.1) is 0 Å². The zero-order valence-electron chi connectivity index (χ0n) is 10.6. The van der Waals surface area contributed by atoms with E-state index in [0.717, 1.165) is 28.4 Å². The van der Waals surface area contributed by atoms with Gasteiger partial charge in [0.05, 0.1) is 11.9 Å². The van der Waals surface area contributed by atoms with Crippen LogP contribution in [0.4, 0.5) is 0 Å². The number of aryl methyl sites for hydroxylation is 1. The van der Waals surface area contributed by atoms with Crippen molar-refractivity contribution in [3.05, 3.63) is 42.2 Å². The van der Waals surface area contributed by atoms with Crippen molar-refractivity contribution in [1.29, 1.82) is 0 Å². The summed E-state index contributed by atoms with van der Waals surface area (Å²) in [4.78, 5) is 21.9. The number of fused-ring (bicyclic) bond motifs is 1. The summed E-state index contributed by atoms with van der Waals surface area (Å²) in [5.74, 6) is 0.0908. The zero-order chi connectivity index (χ0) is 14.1. The number of nitrogens with one attached hydrogen (secondary N) is 1. The smallest absolute Gasteiger partial charge is 0.328 e. The van der Waals surface area contributed by atoms with Crippen molar-refractivity contribution in [3.8, 4) is 11.3 Å². The van der Waals surface area contributed by atoms with Gasteiger partial charge in [0.25, 0.3) is 0 Å². The number of carbonyl (C=O) groups is 1. The van der Waals surface area contributed by atoms with Crippen molar-refractivity contribution < 1.29 is 14.3 Å².